The largest absolute Gasteiger partial charge is 0.460 e. The van der Waals surface area contributed by atoms with Gasteiger partial charge in [0.25, 0.3) is 5.82 Å². The average molecular weight is 253 g/mol. The lowest BCUT2D eigenvalue weighted by atomic mass is 10.1. The third kappa shape index (κ3) is 3.25. The van der Waals surface area contributed by atoms with Crippen molar-refractivity contribution in [2.45, 2.75) is 32.7 Å². The number of likely N-dealkylation sites (tertiary alicyclic amines) is 1. The van der Waals surface area contributed by atoms with Crippen molar-refractivity contribution in [2.24, 2.45) is 0 Å². The van der Waals surface area contributed by atoms with Gasteiger partial charge in [0.05, 0.1) is 13.2 Å². The first-order valence-electron chi connectivity index (χ1n) is 6.47. The van der Waals surface area contributed by atoms with Gasteiger partial charge in [0.1, 0.15) is 0 Å². The standard InChI is InChI=1S/C11H19N5O2/c1-2-18-11(17)10-12-13-14-16(10)9-8-15-6-4-3-5-7-15/h2-9H2,1H3. The van der Waals surface area contributed by atoms with Crippen LogP contribution in [-0.2, 0) is 11.3 Å². The molecular weight excluding hydrogens is 234 g/mol. The molecule has 1 aliphatic heterocycles. The molecule has 0 N–H and O–H groups in total. The second-order valence-electron chi connectivity index (χ2n) is 4.35. The Balaban J connectivity index is 1.88. The number of nitrogens with zero attached hydrogens (tertiary/aromatic N) is 5. The second-order valence-corrected chi connectivity index (χ2v) is 4.35. The van der Waals surface area contributed by atoms with Gasteiger partial charge >= 0.3 is 5.97 Å². The maximum Gasteiger partial charge on any atom is 0.378 e. The Bertz CT molecular complexity index is 387. The highest BCUT2D eigenvalue weighted by Crippen LogP contribution is 2.08. The van der Waals surface area contributed by atoms with Gasteiger partial charge in [0, 0.05) is 6.54 Å². The third-order valence-corrected chi connectivity index (χ3v) is 3.07. The van der Waals surface area contributed by atoms with Crippen molar-refractivity contribution >= 4 is 5.97 Å². The SMILES string of the molecule is CCOC(=O)c1nnnn1CCN1CCCCC1. The molecule has 0 unspecified atom stereocenters. The molecule has 7 heteroatoms. The van der Waals surface area contributed by atoms with Crippen LogP contribution < -0.4 is 0 Å². The highest BCUT2D eigenvalue weighted by Gasteiger charge is 2.17. The monoisotopic (exact) mass is 253 g/mol. The van der Waals surface area contributed by atoms with E-state index in [9.17, 15) is 4.79 Å². The number of hydrogen-bond acceptors (Lipinski definition) is 6. The van der Waals surface area contributed by atoms with Crippen molar-refractivity contribution in [1.82, 2.24) is 25.1 Å². The van der Waals surface area contributed by atoms with Gasteiger partial charge in [-0.2, -0.15) is 0 Å². The Kier molecular flexibility index (Phi) is 4.63. The lowest BCUT2D eigenvalue weighted by Crippen LogP contribution is -2.33. The molecule has 100 valence electrons. The summed E-state index contributed by atoms with van der Waals surface area (Å²) in [6.07, 6.45) is 3.82. The number of ether oxygens (including phenoxy) is 1. The molecule has 0 aromatic carbocycles. The molecule has 0 spiro atoms. The van der Waals surface area contributed by atoms with E-state index in [-0.39, 0.29) is 5.82 Å². The van der Waals surface area contributed by atoms with Gasteiger partial charge in [0.15, 0.2) is 0 Å². The van der Waals surface area contributed by atoms with Crippen LogP contribution in [0.2, 0.25) is 0 Å². The number of aromatic nitrogens is 4. The van der Waals surface area contributed by atoms with Gasteiger partial charge in [-0.1, -0.05) is 6.42 Å². The van der Waals surface area contributed by atoms with Gasteiger partial charge in [-0.25, -0.2) is 9.48 Å². The zero-order valence-corrected chi connectivity index (χ0v) is 10.7. The van der Waals surface area contributed by atoms with Crippen LogP contribution in [0.5, 0.6) is 0 Å². The molecule has 1 fully saturated rings. The second kappa shape index (κ2) is 6.44. The Morgan fingerprint density at radius 3 is 2.78 bits per heavy atom. The van der Waals surface area contributed by atoms with Crippen molar-refractivity contribution in [2.75, 3.05) is 26.2 Å². The molecule has 18 heavy (non-hydrogen) atoms. The number of tetrazole rings is 1. The first-order chi connectivity index (χ1) is 8.81. The molecule has 2 rings (SSSR count). The van der Waals surface area contributed by atoms with Gasteiger partial charge in [0.2, 0.25) is 0 Å². The Morgan fingerprint density at radius 1 is 1.28 bits per heavy atom. The minimum absolute atomic E-state index is 0.189. The van der Waals surface area contributed by atoms with E-state index in [1.165, 1.54) is 23.9 Å². The van der Waals surface area contributed by atoms with E-state index in [4.69, 9.17) is 4.74 Å². The molecule has 2 heterocycles. The van der Waals surface area contributed by atoms with E-state index in [0.29, 0.717) is 13.2 Å². The first kappa shape index (κ1) is 12.9. The molecule has 0 aliphatic carbocycles. The van der Waals surface area contributed by atoms with Crippen LogP contribution in [0.3, 0.4) is 0 Å². The lowest BCUT2D eigenvalue weighted by molar-refractivity contribution is 0.0503. The minimum Gasteiger partial charge on any atom is -0.460 e. The predicted molar refractivity (Wildman–Crippen MR) is 64.1 cm³/mol. The van der Waals surface area contributed by atoms with Crippen molar-refractivity contribution in [3.05, 3.63) is 5.82 Å². The fraction of sp³-hybridized carbons (Fsp3) is 0.818. The fourth-order valence-corrected chi connectivity index (χ4v) is 2.12. The number of carbonyl (C=O) groups excluding carboxylic acids is 1. The van der Waals surface area contributed by atoms with E-state index in [0.717, 1.165) is 19.6 Å². The van der Waals surface area contributed by atoms with E-state index in [1.54, 1.807) is 6.92 Å². The summed E-state index contributed by atoms with van der Waals surface area (Å²) in [5, 5.41) is 11.1. The van der Waals surface area contributed by atoms with E-state index in [1.807, 2.05) is 0 Å². The molecule has 0 bridgehead atoms. The molecule has 0 saturated carbocycles. The Hall–Kier alpha value is -1.50. The molecule has 0 amide bonds. The zero-order valence-electron chi connectivity index (χ0n) is 10.7. The molecule has 1 saturated heterocycles. The first-order valence-corrected chi connectivity index (χ1v) is 6.47. The van der Waals surface area contributed by atoms with E-state index >= 15 is 0 Å². The van der Waals surface area contributed by atoms with Gasteiger partial charge in [-0.15, -0.1) is 5.10 Å². The van der Waals surface area contributed by atoms with E-state index < -0.39 is 5.97 Å². The van der Waals surface area contributed by atoms with E-state index in [2.05, 4.69) is 20.4 Å². The number of piperidine rings is 1. The van der Waals surface area contributed by atoms with Crippen LogP contribution in [0, 0.1) is 0 Å². The Morgan fingerprint density at radius 2 is 2.06 bits per heavy atom. The summed E-state index contributed by atoms with van der Waals surface area (Å²) in [4.78, 5) is 14.0. The number of carbonyl (C=O) groups is 1. The van der Waals surface area contributed by atoms with Crippen LogP contribution in [0.4, 0.5) is 0 Å². The fourth-order valence-electron chi connectivity index (χ4n) is 2.12. The minimum atomic E-state index is -0.457. The summed E-state index contributed by atoms with van der Waals surface area (Å²) in [5.41, 5.74) is 0. The quantitative estimate of drug-likeness (QED) is 0.704. The lowest BCUT2D eigenvalue weighted by Gasteiger charge is -2.26. The maximum absolute atomic E-state index is 11.6. The summed E-state index contributed by atoms with van der Waals surface area (Å²) in [6.45, 7) is 5.84. The van der Waals surface area contributed by atoms with Crippen LogP contribution >= 0.6 is 0 Å². The molecule has 1 aromatic heterocycles. The smallest absolute Gasteiger partial charge is 0.378 e. The summed E-state index contributed by atoms with van der Waals surface area (Å²) >= 11 is 0. The van der Waals surface area contributed by atoms with Crippen LogP contribution in [0.25, 0.3) is 0 Å². The normalized spacial score (nSPS) is 16.7. The summed E-state index contributed by atoms with van der Waals surface area (Å²) in [7, 11) is 0. The van der Waals surface area contributed by atoms with Crippen LogP contribution in [0.1, 0.15) is 36.8 Å². The summed E-state index contributed by atoms with van der Waals surface area (Å²) in [6, 6.07) is 0. The number of rotatable bonds is 5. The molecule has 0 radical (unpaired) electrons. The average Bonchev–Trinajstić information content (AvgIpc) is 2.86. The number of esters is 1. The highest BCUT2D eigenvalue weighted by molar-refractivity contribution is 5.85. The zero-order chi connectivity index (χ0) is 12.8. The van der Waals surface area contributed by atoms with Gasteiger partial charge in [-0.05, 0) is 43.3 Å². The predicted octanol–water partition coefficient (Wildman–Crippen LogP) is 0.336. The van der Waals surface area contributed by atoms with Crippen molar-refractivity contribution in [3.63, 3.8) is 0 Å². The van der Waals surface area contributed by atoms with Gasteiger partial charge in [-0.3, -0.25) is 0 Å². The summed E-state index contributed by atoms with van der Waals surface area (Å²) < 4.78 is 6.42. The summed E-state index contributed by atoms with van der Waals surface area (Å²) in [5.74, 6) is -0.269. The van der Waals surface area contributed by atoms with Crippen molar-refractivity contribution in [3.8, 4) is 0 Å². The molecule has 0 atom stereocenters. The molecule has 1 aliphatic rings. The third-order valence-electron chi connectivity index (χ3n) is 3.07. The molecular formula is C11H19N5O2. The van der Waals surface area contributed by atoms with Crippen LogP contribution in [0.15, 0.2) is 0 Å². The van der Waals surface area contributed by atoms with Crippen molar-refractivity contribution in [1.29, 1.82) is 0 Å². The topological polar surface area (TPSA) is 73.1 Å². The van der Waals surface area contributed by atoms with Gasteiger partial charge < -0.3 is 9.64 Å². The molecule has 1 aromatic rings. The Labute approximate surface area is 106 Å². The van der Waals surface area contributed by atoms with Crippen LogP contribution in [-0.4, -0.2) is 57.3 Å². The maximum atomic E-state index is 11.6. The number of hydrogen-bond donors (Lipinski definition) is 0. The highest BCUT2D eigenvalue weighted by atomic mass is 16.5. The van der Waals surface area contributed by atoms with Crippen molar-refractivity contribution < 1.29 is 9.53 Å². The molecule has 7 nitrogen and oxygen atoms in total.